The van der Waals surface area contributed by atoms with Crippen molar-refractivity contribution >= 4 is 17.7 Å². The van der Waals surface area contributed by atoms with Crippen LogP contribution in [0.3, 0.4) is 0 Å². The van der Waals surface area contributed by atoms with E-state index in [1.54, 1.807) is 25.3 Å². The summed E-state index contributed by atoms with van der Waals surface area (Å²) in [6, 6.07) is 4.05. The number of carbonyl (C=O) groups is 1. The van der Waals surface area contributed by atoms with Gasteiger partial charge >= 0.3 is 6.03 Å². The quantitative estimate of drug-likeness (QED) is 0.480. The second-order valence-corrected chi connectivity index (χ2v) is 7.99. The summed E-state index contributed by atoms with van der Waals surface area (Å²) in [6.45, 7) is 5.34. The molecule has 1 aliphatic heterocycles. The number of H-pyrrole nitrogens is 1. The molecule has 0 aliphatic carbocycles. The Morgan fingerprint density at radius 1 is 1.26 bits per heavy atom. The topological polar surface area (TPSA) is 116 Å². The number of carbonyl (C=O) groups excluding carboxylic acids is 1. The van der Waals surface area contributed by atoms with E-state index in [4.69, 9.17) is 5.73 Å². The highest BCUT2D eigenvalue weighted by molar-refractivity contribution is 5.98. The van der Waals surface area contributed by atoms with Gasteiger partial charge in [-0.25, -0.2) is 9.18 Å². The van der Waals surface area contributed by atoms with E-state index in [-0.39, 0.29) is 23.1 Å². The molecule has 0 saturated carbocycles. The number of aryl methyl sites for hydroxylation is 1. The molecule has 0 bridgehead atoms. The smallest absolute Gasteiger partial charge is 0.326 e. The van der Waals surface area contributed by atoms with Crippen LogP contribution in [0.4, 0.5) is 20.8 Å². The minimum atomic E-state index is -0.677. The number of unbranched alkanes of at least 4 members (excludes halogenated alkanes) is 2. The first kappa shape index (κ1) is 22.9. The fourth-order valence-electron chi connectivity index (χ4n) is 3.89. The molecule has 2 aromatic rings. The molecule has 5 N–H and O–H groups in total. The molecular formula is C22H31FN6O2. The first-order chi connectivity index (χ1) is 15.0. The van der Waals surface area contributed by atoms with Crippen LogP contribution >= 0.6 is 0 Å². The first-order valence-electron chi connectivity index (χ1n) is 10.8. The number of halogens is 1. The van der Waals surface area contributed by atoms with Gasteiger partial charge in [0.2, 0.25) is 5.95 Å². The number of anilines is 2. The lowest BCUT2D eigenvalue weighted by Gasteiger charge is -2.31. The van der Waals surface area contributed by atoms with E-state index in [0.29, 0.717) is 11.1 Å². The van der Waals surface area contributed by atoms with Gasteiger partial charge < -0.3 is 20.9 Å². The van der Waals surface area contributed by atoms with Gasteiger partial charge in [0.05, 0.1) is 5.69 Å². The van der Waals surface area contributed by atoms with Gasteiger partial charge in [0.25, 0.3) is 5.56 Å². The number of hydrogen-bond donors (Lipinski definition) is 4. The van der Waals surface area contributed by atoms with Gasteiger partial charge in [-0.15, -0.1) is 0 Å². The van der Waals surface area contributed by atoms with Crippen LogP contribution in [0.2, 0.25) is 0 Å². The van der Waals surface area contributed by atoms with Crippen LogP contribution in [-0.4, -0.2) is 47.1 Å². The highest BCUT2D eigenvalue weighted by atomic mass is 19.1. The molecule has 1 aliphatic rings. The highest BCUT2D eigenvalue weighted by Gasteiger charge is 2.23. The molecule has 1 saturated heterocycles. The average Bonchev–Trinajstić information content (AvgIpc) is 2.75. The van der Waals surface area contributed by atoms with Crippen molar-refractivity contribution in [2.75, 3.05) is 36.8 Å². The molecule has 2 amide bonds. The van der Waals surface area contributed by atoms with E-state index < -0.39 is 11.8 Å². The maximum Gasteiger partial charge on any atom is 0.326 e. The standard InChI is InChI=1S/C22H31FN6O2/c1-15-6-5-7-18(19(15)23)26-22(31)28-21-25-14-17(20(30)27-21)16-8-12-29(13-9-16)11-4-2-3-10-24/h5-7,14,16H,2-4,8-13,24H2,1H3,(H3,25,26,27,28,30,31). The zero-order valence-electron chi connectivity index (χ0n) is 17.9. The molecule has 2 heterocycles. The Kier molecular flexibility index (Phi) is 8.13. The van der Waals surface area contributed by atoms with E-state index in [1.807, 2.05) is 0 Å². The van der Waals surface area contributed by atoms with Crippen molar-refractivity contribution < 1.29 is 9.18 Å². The van der Waals surface area contributed by atoms with E-state index in [0.717, 1.165) is 58.3 Å². The molecule has 1 aromatic heterocycles. The third-order valence-corrected chi connectivity index (χ3v) is 5.70. The summed E-state index contributed by atoms with van der Waals surface area (Å²) in [5.41, 5.74) is 6.31. The Morgan fingerprint density at radius 3 is 2.74 bits per heavy atom. The van der Waals surface area contributed by atoms with Crippen molar-refractivity contribution in [3.05, 3.63) is 51.7 Å². The van der Waals surface area contributed by atoms with Crippen LogP contribution in [0.5, 0.6) is 0 Å². The van der Waals surface area contributed by atoms with Gasteiger partial charge in [-0.3, -0.25) is 10.1 Å². The monoisotopic (exact) mass is 430 g/mol. The number of aromatic nitrogens is 2. The number of urea groups is 1. The van der Waals surface area contributed by atoms with Crippen molar-refractivity contribution in [1.29, 1.82) is 0 Å². The largest absolute Gasteiger partial charge is 0.332 e. The Bertz CT molecular complexity index is 940. The molecule has 0 unspecified atom stereocenters. The molecule has 1 fully saturated rings. The number of hydrogen-bond acceptors (Lipinski definition) is 5. The summed E-state index contributed by atoms with van der Waals surface area (Å²) in [4.78, 5) is 33.9. The Hall–Kier alpha value is -2.78. The van der Waals surface area contributed by atoms with E-state index in [2.05, 4.69) is 25.5 Å². The molecule has 1 aromatic carbocycles. The number of amides is 2. The third kappa shape index (κ3) is 6.35. The van der Waals surface area contributed by atoms with Crippen molar-refractivity contribution in [3.8, 4) is 0 Å². The summed E-state index contributed by atoms with van der Waals surface area (Å²) < 4.78 is 14.0. The molecule has 9 heteroatoms. The number of nitrogens with zero attached hydrogens (tertiary/aromatic N) is 2. The van der Waals surface area contributed by atoms with Gasteiger partial charge in [0.1, 0.15) is 5.82 Å². The number of benzene rings is 1. The van der Waals surface area contributed by atoms with Crippen molar-refractivity contribution in [2.24, 2.45) is 5.73 Å². The molecule has 0 atom stereocenters. The number of aromatic amines is 1. The maximum atomic E-state index is 14.0. The van der Waals surface area contributed by atoms with E-state index >= 15 is 0 Å². The van der Waals surface area contributed by atoms with Crippen LogP contribution in [0.25, 0.3) is 0 Å². The fourth-order valence-corrected chi connectivity index (χ4v) is 3.89. The minimum absolute atomic E-state index is 0.0247. The summed E-state index contributed by atoms with van der Waals surface area (Å²) in [6.07, 6.45) is 6.80. The second kappa shape index (κ2) is 11.0. The zero-order chi connectivity index (χ0) is 22.2. The second-order valence-electron chi connectivity index (χ2n) is 7.99. The zero-order valence-corrected chi connectivity index (χ0v) is 17.9. The predicted molar refractivity (Wildman–Crippen MR) is 120 cm³/mol. The van der Waals surface area contributed by atoms with Gasteiger partial charge in [-0.05, 0) is 76.3 Å². The Balaban J connectivity index is 1.53. The third-order valence-electron chi connectivity index (χ3n) is 5.70. The predicted octanol–water partition coefficient (Wildman–Crippen LogP) is 3.17. The normalized spacial score (nSPS) is 15.1. The average molecular weight is 431 g/mol. The Morgan fingerprint density at radius 2 is 2.03 bits per heavy atom. The molecule has 3 rings (SSSR count). The van der Waals surface area contributed by atoms with Gasteiger partial charge in [0, 0.05) is 11.8 Å². The SMILES string of the molecule is Cc1cccc(NC(=O)Nc2nc(=O)c(C3CCN(CCCCCN)CC3)c[nH]2)c1F. The lowest BCUT2D eigenvalue weighted by atomic mass is 9.91. The molecule has 168 valence electrons. The van der Waals surface area contributed by atoms with Crippen molar-refractivity contribution in [1.82, 2.24) is 14.9 Å². The summed E-state index contributed by atoms with van der Waals surface area (Å²) in [5.74, 6) is -0.322. The molecular weight excluding hydrogens is 399 g/mol. The van der Waals surface area contributed by atoms with Crippen molar-refractivity contribution in [2.45, 2.75) is 44.9 Å². The number of nitrogens with one attached hydrogen (secondary N) is 3. The molecule has 8 nitrogen and oxygen atoms in total. The van der Waals surface area contributed by atoms with Crippen LogP contribution in [0.1, 0.15) is 49.1 Å². The lowest BCUT2D eigenvalue weighted by Crippen LogP contribution is -2.35. The molecule has 0 radical (unpaired) electrons. The highest BCUT2D eigenvalue weighted by Crippen LogP contribution is 2.25. The van der Waals surface area contributed by atoms with E-state index in [1.165, 1.54) is 6.07 Å². The first-order valence-corrected chi connectivity index (χ1v) is 10.8. The van der Waals surface area contributed by atoms with Crippen LogP contribution in [0, 0.1) is 12.7 Å². The fraction of sp³-hybridized carbons (Fsp3) is 0.500. The van der Waals surface area contributed by atoms with Crippen LogP contribution in [-0.2, 0) is 0 Å². The Labute approximate surface area is 181 Å². The number of rotatable bonds is 8. The maximum absolute atomic E-state index is 14.0. The lowest BCUT2D eigenvalue weighted by molar-refractivity contribution is 0.208. The summed E-state index contributed by atoms with van der Waals surface area (Å²) >= 11 is 0. The van der Waals surface area contributed by atoms with E-state index in [9.17, 15) is 14.0 Å². The number of likely N-dealkylation sites (tertiary alicyclic amines) is 1. The molecule has 31 heavy (non-hydrogen) atoms. The van der Waals surface area contributed by atoms with Crippen molar-refractivity contribution in [3.63, 3.8) is 0 Å². The summed E-state index contributed by atoms with van der Waals surface area (Å²) in [7, 11) is 0. The van der Waals surface area contributed by atoms with Gasteiger partial charge in [0.15, 0.2) is 0 Å². The van der Waals surface area contributed by atoms with Gasteiger partial charge in [-0.2, -0.15) is 4.98 Å². The molecule has 0 spiro atoms. The number of nitrogens with two attached hydrogens (primary N) is 1. The number of piperidine rings is 1. The van der Waals surface area contributed by atoms with Crippen LogP contribution < -0.4 is 21.9 Å². The summed E-state index contributed by atoms with van der Waals surface area (Å²) in [5, 5.41) is 4.87. The van der Waals surface area contributed by atoms with Crippen LogP contribution in [0.15, 0.2) is 29.2 Å². The van der Waals surface area contributed by atoms with Gasteiger partial charge in [-0.1, -0.05) is 18.6 Å². The minimum Gasteiger partial charge on any atom is -0.332 e.